The van der Waals surface area contributed by atoms with Crippen LogP contribution in [0.25, 0.3) is 0 Å². The Morgan fingerprint density at radius 1 is 0.929 bits per heavy atom. The van der Waals surface area contributed by atoms with Crippen LogP contribution in [0.15, 0.2) is 47.1 Å². The Morgan fingerprint density at radius 2 is 1.64 bits per heavy atom. The van der Waals surface area contributed by atoms with Crippen LogP contribution in [-0.4, -0.2) is 17.7 Å². The molecule has 3 N–H and O–H groups in total. The minimum atomic E-state index is -0.378. The molecule has 2 aromatic heterocycles. The fourth-order valence-corrected chi connectivity index (χ4v) is 3.59. The van der Waals surface area contributed by atoms with Crippen molar-refractivity contribution in [3.63, 3.8) is 0 Å². The second-order valence-corrected chi connectivity index (χ2v) is 7.22. The number of thiophene rings is 1. The number of rotatable bonds is 5. The molecule has 2 heterocycles. The van der Waals surface area contributed by atoms with Crippen LogP contribution in [0.2, 0.25) is 0 Å². The Balaban J connectivity index is 1.76. The highest BCUT2D eigenvalue weighted by atomic mass is 32.1. The Kier molecular flexibility index (Phi) is 5.60. The summed E-state index contributed by atoms with van der Waals surface area (Å²) in [7, 11) is 0. The number of aryl methyl sites for hydroxylation is 1. The number of carbonyl (C=O) groups excluding carboxylic acids is 3. The van der Waals surface area contributed by atoms with E-state index in [0.717, 1.165) is 11.1 Å². The van der Waals surface area contributed by atoms with Crippen molar-refractivity contribution in [2.24, 2.45) is 0 Å². The molecule has 0 saturated heterocycles. The van der Waals surface area contributed by atoms with Gasteiger partial charge in [-0.25, -0.2) is 0 Å². The number of hydrogen-bond donors (Lipinski definition) is 3. The van der Waals surface area contributed by atoms with Gasteiger partial charge in [0.25, 0.3) is 11.8 Å². The summed E-state index contributed by atoms with van der Waals surface area (Å²) in [5, 5.41) is 8.87. The average Bonchev–Trinajstić information content (AvgIpc) is 3.28. The average molecular weight is 397 g/mol. The van der Waals surface area contributed by atoms with Gasteiger partial charge in [0.05, 0.1) is 16.1 Å². The van der Waals surface area contributed by atoms with Crippen molar-refractivity contribution in [1.29, 1.82) is 0 Å². The highest BCUT2D eigenvalue weighted by Gasteiger charge is 2.17. The molecule has 3 aromatic rings. The van der Waals surface area contributed by atoms with Gasteiger partial charge in [0, 0.05) is 18.3 Å². The summed E-state index contributed by atoms with van der Waals surface area (Å²) in [5.74, 6) is -0.652. The van der Waals surface area contributed by atoms with Crippen molar-refractivity contribution >= 4 is 45.4 Å². The highest BCUT2D eigenvalue weighted by Crippen LogP contribution is 2.29. The van der Waals surface area contributed by atoms with E-state index in [1.807, 2.05) is 6.92 Å². The van der Waals surface area contributed by atoms with Gasteiger partial charge < -0.3 is 20.4 Å². The molecule has 3 amide bonds. The molecule has 8 heteroatoms. The molecule has 0 aliphatic heterocycles. The van der Waals surface area contributed by atoms with Gasteiger partial charge in [0.15, 0.2) is 5.76 Å². The summed E-state index contributed by atoms with van der Waals surface area (Å²) in [6, 6.07) is 10.2. The van der Waals surface area contributed by atoms with Crippen LogP contribution in [0.3, 0.4) is 0 Å². The highest BCUT2D eigenvalue weighted by molar-refractivity contribution is 7.18. The maximum absolute atomic E-state index is 12.7. The Bertz CT molecular complexity index is 1040. The monoisotopic (exact) mass is 397 g/mol. The molecule has 144 valence electrons. The molecule has 0 aliphatic carbocycles. The van der Waals surface area contributed by atoms with Gasteiger partial charge in [0.2, 0.25) is 5.91 Å². The van der Waals surface area contributed by atoms with E-state index in [4.69, 9.17) is 4.42 Å². The molecule has 0 spiro atoms. The molecule has 3 rings (SSSR count). The van der Waals surface area contributed by atoms with Crippen molar-refractivity contribution in [3.8, 4) is 0 Å². The topological polar surface area (TPSA) is 100 Å². The van der Waals surface area contributed by atoms with Gasteiger partial charge in [0.1, 0.15) is 0 Å². The van der Waals surface area contributed by atoms with E-state index >= 15 is 0 Å². The molecule has 0 unspecified atom stereocenters. The van der Waals surface area contributed by atoms with E-state index in [1.165, 1.54) is 24.5 Å². The molecule has 0 radical (unpaired) electrons. The number of anilines is 3. The van der Waals surface area contributed by atoms with Gasteiger partial charge in [-0.2, -0.15) is 0 Å². The van der Waals surface area contributed by atoms with Crippen molar-refractivity contribution in [3.05, 3.63) is 64.4 Å². The smallest absolute Gasteiger partial charge is 0.291 e. The largest absolute Gasteiger partial charge is 0.459 e. The molecular formula is C20H19N3O4S. The molecule has 7 nitrogen and oxygen atoms in total. The fraction of sp³-hybridized carbons (Fsp3) is 0.150. The fourth-order valence-electron chi connectivity index (χ4n) is 2.63. The first kappa shape index (κ1) is 19.4. The first-order chi connectivity index (χ1) is 13.3. The first-order valence-corrected chi connectivity index (χ1v) is 9.30. The summed E-state index contributed by atoms with van der Waals surface area (Å²) in [5.41, 5.74) is 2.74. The molecular weight excluding hydrogens is 378 g/mol. The van der Waals surface area contributed by atoms with Crippen LogP contribution in [0.5, 0.6) is 0 Å². The van der Waals surface area contributed by atoms with Gasteiger partial charge in [-0.15, -0.1) is 11.3 Å². The molecule has 0 saturated carbocycles. The number of amides is 3. The van der Waals surface area contributed by atoms with E-state index < -0.39 is 0 Å². The van der Waals surface area contributed by atoms with E-state index in [2.05, 4.69) is 16.0 Å². The Labute approximate surface area is 165 Å². The maximum atomic E-state index is 12.7. The van der Waals surface area contributed by atoms with E-state index in [-0.39, 0.29) is 23.5 Å². The number of carbonyl (C=O) groups is 3. The van der Waals surface area contributed by atoms with Crippen LogP contribution in [0.4, 0.5) is 16.4 Å². The zero-order valence-electron chi connectivity index (χ0n) is 15.6. The SMILES string of the molecule is CC(=O)Nc1cccc(NC(=O)c2sc(NC(=O)c3ccco3)cc2C)c1C. The third kappa shape index (κ3) is 4.29. The summed E-state index contributed by atoms with van der Waals surface area (Å²) in [6.07, 6.45) is 1.42. The lowest BCUT2D eigenvalue weighted by atomic mass is 10.1. The van der Waals surface area contributed by atoms with E-state index in [9.17, 15) is 14.4 Å². The zero-order valence-corrected chi connectivity index (χ0v) is 16.4. The second-order valence-electron chi connectivity index (χ2n) is 6.17. The summed E-state index contributed by atoms with van der Waals surface area (Å²) in [6.45, 7) is 5.05. The van der Waals surface area contributed by atoms with E-state index in [0.29, 0.717) is 21.3 Å². The standard InChI is InChI=1S/C20H19N3O4S/c1-11-10-17(23-19(25)16-8-5-9-27-16)28-18(11)20(26)22-15-7-4-6-14(12(15)2)21-13(3)24/h4-10H,1-3H3,(H,21,24)(H,22,26)(H,23,25). The van der Waals surface area contributed by atoms with Crippen LogP contribution < -0.4 is 16.0 Å². The lowest BCUT2D eigenvalue weighted by Crippen LogP contribution is -2.14. The third-order valence-corrected chi connectivity index (χ3v) is 5.15. The van der Waals surface area contributed by atoms with Gasteiger partial charge in [-0.1, -0.05) is 6.07 Å². The molecule has 0 bridgehead atoms. The summed E-state index contributed by atoms with van der Waals surface area (Å²) in [4.78, 5) is 36.6. The van der Waals surface area contributed by atoms with Crippen LogP contribution >= 0.6 is 11.3 Å². The predicted octanol–water partition coefficient (Wildman–Crippen LogP) is 4.42. The van der Waals surface area contributed by atoms with Crippen molar-refractivity contribution < 1.29 is 18.8 Å². The lowest BCUT2D eigenvalue weighted by molar-refractivity contribution is -0.114. The first-order valence-electron chi connectivity index (χ1n) is 8.49. The van der Waals surface area contributed by atoms with Crippen LogP contribution in [0, 0.1) is 13.8 Å². The number of benzene rings is 1. The van der Waals surface area contributed by atoms with Crippen LogP contribution in [-0.2, 0) is 4.79 Å². The van der Waals surface area contributed by atoms with Gasteiger partial charge in [-0.3, -0.25) is 14.4 Å². The number of furan rings is 1. The minimum absolute atomic E-state index is 0.183. The van der Waals surface area contributed by atoms with Crippen molar-refractivity contribution in [2.75, 3.05) is 16.0 Å². The molecule has 0 aliphatic rings. The molecule has 0 atom stereocenters. The molecule has 0 fully saturated rings. The summed E-state index contributed by atoms with van der Waals surface area (Å²) >= 11 is 1.18. The minimum Gasteiger partial charge on any atom is -0.459 e. The Hall–Kier alpha value is -3.39. The lowest BCUT2D eigenvalue weighted by Gasteiger charge is -2.12. The second kappa shape index (κ2) is 8.10. The Morgan fingerprint density at radius 3 is 2.29 bits per heavy atom. The van der Waals surface area contributed by atoms with Gasteiger partial charge >= 0.3 is 0 Å². The molecule has 28 heavy (non-hydrogen) atoms. The van der Waals surface area contributed by atoms with Crippen molar-refractivity contribution in [2.45, 2.75) is 20.8 Å². The zero-order chi connectivity index (χ0) is 20.3. The van der Waals surface area contributed by atoms with E-state index in [1.54, 1.807) is 43.3 Å². The van der Waals surface area contributed by atoms with Crippen LogP contribution in [0.1, 0.15) is 38.3 Å². The summed E-state index contributed by atoms with van der Waals surface area (Å²) < 4.78 is 5.07. The van der Waals surface area contributed by atoms with Gasteiger partial charge in [-0.05, 0) is 55.3 Å². The number of nitrogens with one attached hydrogen (secondary N) is 3. The predicted molar refractivity (Wildman–Crippen MR) is 109 cm³/mol. The molecule has 1 aromatic carbocycles. The third-order valence-electron chi connectivity index (χ3n) is 4.00. The quantitative estimate of drug-likeness (QED) is 0.593. The number of hydrogen-bond acceptors (Lipinski definition) is 5. The maximum Gasteiger partial charge on any atom is 0.291 e. The van der Waals surface area contributed by atoms with Crippen molar-refractivity contribution in [1.82, 2.24) is 0 Å². The normalized spacial score (nSPS) is 10.4.